The van der Waals surface area contributed by atoms with Crippen LogP contribution in [0.15, 0.2) is 48.5 Å². The van der Waals surface area contributed by atoms with E-state index < -0.39 is 30.3 Å². The number of carbonyl (C=O) groups excluding carboxylic acids is 1. The first-order valence-electron chi connectivity index (χ1n) is 9.62. The first-order chi connectivity index (χ1) is 14.3. The van der Waals surface area contributed by atoms with Gasteiger partial charge in [0.15, 0.2) is 0 Å². The van der Waals surface area contributed by atoms with Gasteiger partial charge in [0.1, 0.15) is 23.7 Å². The Morgan fingerprint density at radius 2 is 1.57 bits per heavy atom. The van der Waals surface area contributed by atoms with Gasteiger partial charge in [-0.25, -0.2) is 4.79 Å². The Morgan fingerprint density at radius 3 is 2.07 bits per heavy atom. The van der Waals surface area contributed by atoms with Crippen LogP contribution in [0, 0.1) is 0 Å². The van der Waals surface area contributed by atoms with Crippen LogP contribution in [0.3, 0.4) is 0 Å². The molecule has 158 valence electrons. The van der Waals surface area contributed by atoms with Gasteiger partial charge >= 0.3 is 12.1 Å². The zero-order chi connectivity index (χ0) is 21.8. The number of benzene rings is 2. The number of aliphatic hydroxyl groups is 1. The number of ether oxygens (including phenoxy) is 1. The Bertz CT molecular complexity index is 917. The summed E-state index contributed by atoms with van der Waals surface area (Å²) in [7, 11) is 0. The van der Waals surface area contributed by atoms with Crippen molar-refractivity contribution in [2.45, 2.75) is 38.0 Å². The number of aliphatic hydroxyl groups excluding tert-OH is 1. The molecule has 1 aliphatic rings. The lowest BCUT2D eigenvalue weighted by Gasteiger charge is -2.24. The van der Waals surface area contributed by atoms with E-state index in [9.17, 15) is 14.7 Å². The average Bonchev–Trinajstić information content (AvgIpc) is 3.04. The first kappa shape index (κ1) is 21.7. The molecular weight excluding hydrogens is 404 g/mol. The molecule has 0 aliphatic heterocycles. The number of aliphatic carboxylic acids is 1. The van der Waals surface area contributed by atoms with E-state index in [2.05, 4.69) is 10.6 Å². The molecule has 2 aromatic rings. The third kappa shape index (κ3) is 4.60. The van der Waals surface area contributed by atoms with Crippen molar-refractivity contribution in [3.63, 3.8) is 0 Å². The minimum atomic E-state index is -1.09. The van der Waals surface area contributed by atoms with E-state index in [1.54, 1.807) is 0 Å². The van der Waals surface area contributed by atoms with E-state index in [4.69, 9.17) is 22.1 Å². The van der Waals surface area contributed by atoms with Gasteiger partial charge in [-0.3, -0.25) is 4.79 Å². The second-order valence-corrected chi connectivity index (χ2v) is 7.70. The van der Waals surface area contributed by atoms with Gasteiger partial charge in [-0.1, -0.05) is 60.7 Å². The summed E-state index contributed by atoms with van der Waals surface area (Å²) in [4.78, 5) is 23.4. The highest BCUT2D eigenvalue weighted by molar-refractivity contribution is 7.80. The van der Waals surface area contributed by atoms with E-state index in [1.165, 1.54) is 13.8 Å². The van der Waals surface area contributed by atoms with Gasteiger partial charge in [0.25, 0.3) is 0 Å². The molecule has 0 saturated carbocycles. The highest BCUT2D eigenvalue weighted by Crippen LogP contribution is 2.44. The van der Waals surface area contributed by atoms with Crippen molar-refractivity contribution < 1.29 is 24.5 Å². The normalized spacial score (nSPS) is 15.3. The lowest BCUT2D eigenvalue weighted by Crippen LogP contribution is -2.54. The smallest absolute Gasteiger partial charge is 0.407 e. The third-order valence-corrected chi connectivity index (χ3v) is 5.48. The number of thiocarbonyl (C=S) groups is 1. The lowest BCUT2D eigenvalue weighted by molar-refractivity contribution is -0.138. The van der Waals surface area contributed by atoms with E-state index in [1.807, 2.05) is 48.5 Å². The molecule has 4 N–H and O–H groups in total. The fraction of sp³-hybridized carbons (Fsp3) is 0.318. The summed E-state index contributed by atoms with van der Waals surface area (Å²) in [6, 6.07) is 14.1. The molecule has 1 aliphatic carbocycles. The SMILES string of the molecule is C[C@H](NC(=S)[C@@H](NC(=O)OCC1c2ccccc2-c2ccccc21)[C@@H](C)O)C(=O)O. The predicted molar refractivity (Wildman–Crippen MR) is 117 cm³/mol. The summed E-state index contributed by atoms with van der Waals surface area (Å²) in [6.45, 7) is 2.99. The summed E-state index contributed by atoms with van der Waals surface area (Å²) < 4.78 is 5.46. The fourth-order valence-electron chi connectivity index (χ4n) is 3.54. The molecule has 3 rings (SSSR count). The minimum Gasteiger partial charge on any atom is -0.480 e. The molecule has 1 amide bonds. The summed E-state index contributed by atoms with van der Waals surface area (Å²) in [5.41, 5.74) is 4.42. The fourth-order valence-corrected chi connectivity index (χ4v) is 3.97. The number of amides is 1. The minimum absolute atomic E-state index is 0.0217. The van der Waals surface area contributed by atoms with Gasteiger partial charge < -0.3 is 25.6 Å². The molecule has 3 atom stereocenters. The monoisotopic (exact) mass is 428 g/mol. The van der Waals surface area contributed by atoms with Gasteiger partial charge in [0, 0.05) is 5.92 Å². The Labute approximate surface area is 180 Å². The van der Waals surface area contributed by atoms with Crippen LogP contribution < -0.4 is 10.6 Å². The van der Waals surface area contributed by atoms with Gasteiger partial charge in [0.05, 0.1) is 6.10 Å². The maximum atomic E-state index is 12.4. The quantitative estimate of drug-likeness (QED) is 0.502. The number of nitrogens with one attached hydrogen (secondary N) is 2. The Morgan fingerprint density at radius 1 is 1.03 bits per heavy atom. The van der Waals surface area contributed by atoms with Crippen molar-refractivity contribution in [2.24, 2.45) is 0 Å². The second kappa shape index (κ2) is 9.23. The average molecular weight is 429 g/mol. The molecule has 0 heterocycles. The van der Waals surface area contributed by atoms with E-state index in [-0.39, 0.29) is 17.5 Å². The molecular formula is C22H24N2O5S. The van der Waals surface area contributed by atoms with Crippen molar-refractivity contribution in [3.8, 4) is 11.1 Å². The molecule has 8 heteroatoms. The standard InChI is InChI=1S/C22H24N2O5S/c1-12(21(26)27)23-20(30)19(13(2)25)24-22(28)29-11-18-16-9-5-3-7-14(16)15-8-4-6-10-17(15)18/h3-10,12-13,18-19,25H,11H2,1-2H3,(H,23,30)(H,24,28)(H,26,27)/t12-,13+,19-/m0/s1. The van der Waals surface area contributed by atoms with Crippen molar-refractivity contribution in [3.05, 3.63) is 59.7 Å². The van der Waals surface area contributed by atoms with Crippen LogP contribution in [0.5, 0.6) is 0 Å². The molecule has 0 bridgehead atoms. The predicted octanol–water partition coefficient (Wildman–Crippen LogP) is 2.66. The molecule has 0 spiro atoms. The largest absolute Gasteiger partial charge is 0.480 e. The Balaban J connectivity index is 1.66. The number of rotatable bonds is 7. The number of alkyl carbamates (subject to hydrolysis) is 1. The molecule has 2 aromatic carbocycles. The van der Waals surface area contributed by atoms with Crippen LogP contribution in [-0.2, 0) is 9.53 Å². The Kier molecular flexibility index (Phi) is 6.69. The van der Waals surface area contributed by atoms with Crippen LogP contribution >= 0.6 is 12.2 Å². The van der Waals surface area contributed by atoms with Crippen molar-refractivity contribution in [2.75, 3.05) is 6.61 Å². The molecule has 30 heavy (non-hydrogen) atoms. The highest BCUT2D eigenvalue weighted by atomic mass is 32.1. The van der Waals surface area contributed by atoms with Crippen LogP contribution in [-0.4, -0.2) is 52.1 Å². The number of hydrogen-bond acceptors (Lipinski definition) is 5. The summed E-state index contributed by atoms with van der Waals surface area (Å²) in [5, 5.41) is 24.1. The lowest BCUT2D eigenvalue weighted by atomic mass is 9.98. The second-order valence-electron chi connectivity index (χ2n) is 7.26. The van der Waals surface area contributed by atoms with Crippen LogP contribution in [0.1, 0.15) is 30.9 Å². The first-order valence-corrected chi connectivity index (χ1v) is 10.0. The maximum Gasteiger partial charge on any atom is 0.407 e. The molecule has 0 fully saturated rings. The van der Waals surface area contributed by atoms with Gasteiger partial charge in [-0.15, -0.1) is 0 Å². The summed E-state index contributed by atoms with van der Waals surface area (Å²) in [5.74, 6) is -1.19. The van der Waals surface area contributed by atoms with Crippen molar-refractivity contribution in [1.29, 1.82) is 0 Å². The van der Waals surface area contributed by atoms with Crippen LogP contribution in [0.4, 0.5) is 4.79 Å². The van der Waals surface area contributed by atoms with Crippen molar-refractivity contribution in [1.82, 2.24) is 10.6 Å². The Hall–Kier alpha value is -2.97. The van der Waals surface area contributed by atoms with Crippen molar-refractivity contribution >= 4 is 29.3 Å². The number of carbonyl (C=O) groups is 2. The third-order valence-electron chi connectivity index (χ3n) is 5.11. The molecule has 0 saturated heterocycles. The molecule has 0 aromatic heterocycles. The number of hydrogen-bond donors (Lipinski definition) is 4. The van der Waals surface area contributed by atoms with E-state index in [0.717, 1.165) is 22.3 Å². The zero-order valence-corrected chi connectivity index (χ0v) is 17.5. The van der Waals surface area contributed by atoms with Gasteiger partial charge in [-0.05, 0) is 36.1 Å². The topological polar surface area (TPSA) is 108 Å². The highest BCUT2D eigenvalue weighted by Gasteiger charge is 2.30. The molecule has 0 radical (unpaired) electrons. The molecule has 7 nitrogen and oxygen atoms in total. The number of fused-ring (bicyclic) bond motifs is 3. The van der Waals surface area contributed by atoms with E-state index >= 15 is 0 Å². The van der Waals surface area contributed by atoms with Crippen LogP contribution in [0.25, 0.3) is 11.1 Å². The number of carboxylic acids is 1. The maximum absolute atomic E-state index is 12.4. The van der Waals surface area contributed by atoms with Crippen LogP contribution in [0.2, 0.25) is 0 Å². The van der Waals surface area contributed by atoms with E-state index in [0.29, 0.717) is 0 Å². The summed E-state index contributed by atoms with van der Waals surface area (Å²) >= 11 is 5.16. The summed E-state index contributed by atoms with van der Waals surface area (Å²) in [6.07, 6.45) is -1.78. The van der Waals surface area contributed by atoms with Gasteiger partial charge in [-0.2, -0.15) is 0 Å². The zero-order valence-electron chi connectivity index (χ0n) is 16.7. The number of carboxylic acid groups (broad SMARTS) is 1. The molecule has 0 unspecified atom stereocenters. The van der Waals surface area contributed by atoms with Gasteiger partial charge in [0.2, 0.25) is 0 Å².